The van der Waals surface area contributed by atoms with Crippen molar-refractivity contribution in [1.82, 2.24) is 4.90 Å². The van der Waals surface area contributed by atoms with Crippen LogP contribution in [-0.4, -0.2) is 28.8 Å². The summed E-state index contributed by atoms with van der Waals surface area (Å²) in [5.74, 6) is -1.12. The summed E-state index contributed by atoms with van der Waals surface area (Å²) in [6.07, 6.45) is 0.835. The standard InChI is InChI=1S/C13H15FN2O3/c1-13(2)5-6-15(8-13)12(17)10-7-9(14)3-4-11(10)16(18)19/h3-4,7H,5-6,8H2,1-2H3. The van der Waals surface area contributed by atoms with Gasteiger partial charge in [-0.15, -0.1) is 0 Å². The molecular weight excluding hydrogens is 251 g/mol. The first-order valence-electron chi connectivity index (χ1n) is 6.03. The lowest BCUT2D eigenvalue weighted by Gasteiger charge is -2.19. The van der Waals surface area contributed by atoms with Gasteiger partial charge in [0, 0.05) is 19.2 Å². The summed E-state index contributed by atoms with van der Waals surface area (Å²) in [6.45, 7) is 5.12. The fraction of sp³-hybridized carbons (Fsp3) is 0.462. The Labute approximate surface area is 110 Å². The molecule has 1 amide bonds. The van der Waals surface area contributed by atoms with Crippen LogP contribution in [0.15, 0.2) is 18.2 Å². The molecule has 1 fully saturated rings. The van der Waals surface area contributed by atoms with Crippen LogP contribution < -0.4 is 0 Å². The number of nitrogens with zero attached hydrogens (tertiary/aromatic N) is 2. The van der Waals surface area contributed by atoms with E-state index in [9.17, 15) is 19.3 Å². The zero-order chi connectivity index (χ0) is 14.2. The van der Waals surface area contributed by atoms with E-state index >= 15 is 0 Å². The van der Waals surface area contributed by atoms with Gasteiger partial charge in [0.15, 0.2) is 0 Å². The van der Waals surface area contributed by atoms with E-state index in [4.69, 9.17) is 0 Å². The number of likely N-dealkylation sites (tertiary alicyclic amines) is 1. The Morgan fingerprint density at radius 1 is 1.47 bits per heavy atom. The van der Waals surface area contributed by atoms with E-state index in [1.165, 1.54) is 0 Å². The maximum atomic E-state index is 13.2. The summed E-state index contributed by atoms with van der Waals surface area (Å²) in [7, 11) is 0. The summed E-state index contributed by atoms with van der Waals surface area (Å²) in [6, 6.07) is 2.96. The van der Waals surface area contributed by atoms with Gasteiger partial charge in [0.2, 0.25) is 0 Å². The third kappa shape index (κ3) is 2.72. The fourth-order valence-corrected chi connectivity index (χ4v) is 2.29. The van der Waals surface area contributed by atoms with E-state index in [1.54, 1.807) is 4.90 Å². The lowest BCUT2D eigenvalue weighted by molar-refractivity contribution is -0.385. The van der Waals surface area contributed by atoms with Gasteiger partial charge in [-0.3, -0.25) is 14.9 Å². The second kappa shape index (κ2) is 4.60. The number of carbonyl (C=O) groups is 1. The largest absolute Gasteiger partial charge is 0.338 e. The third-order valence-electron chi connectivity index (χ3n) is 3.35. The number of hydrogen-bond acceptors (Lipinski definition) is 3. The average Bonchev–Trinajstić information content (AvgIpc) is 2.68. The van der Waals surface area contributed by atoms with Gasteiger partial charge in [-0.25, -0.2) is 4.39 Å². The van der Waals surface area contributed by atoms with Crippen molar-refractivity contribution in [1.29, 1.82) is 0 Å². The lowest BCUT2D eigenvalue weighted by atomic mass is 9.93. The number of nitro groups is 1. The van der Waals surface area contributed by atoms with Gasteiger partial charge >= 0.3 is 0 Å². The van der Waals surface area contributed by atoms with Gasteiger partial charge < -0.3 is 4.90 Å². The molecule has 0 unspecified atom stereocenters. The van der Waals surface area contributed by atoms with Gasteiger partial charge in [-0.1, -0.05) is 13.8 Å². The third-order valence-corrected chi connectivity index (χ3v) is 3.35. The Balaban J connectivity index is 2.34. The zero-order valence-corrected chi connectivity index (χ0v) is 10.9. The normalized spacial score (nSPS) is 17.5. The molecule has 2 rings (SSSR count). The van der Waals surface area contributed by atoms with Gasteiger partial charge in [-0.05, 0) is 24.0 Å². The van der Waals surface area contributed by atoms with Crippen LogP contribution in [0.5, 0.6) is 0 Å². The molecule has 0 saturated carbocycles. The van der Waals surface area contributed by atoms with Crippen molar-refractivity contribution in [2.24, 2.45) is 5.41 Å². The lowest BCUT2D eigenvalue weighted by Crippen LogP contribution is -2.30. The molecular formula is C13H15FN2O3. The predicted octanol–water partition coefficient (Wildman–Crippen LogP) is 2.61. The van der Waals surface area contributed by atoms with Crippen LogP contribution in [0.25, 0.3) is 0 Å². The second-order valence-electron chi connectivity index (χ2n) is 5.56. The number of carbonyl (C=O) groups excluding carboxylic acids is 1. The quantitative estimate of drug-likeness (QED) is 0.610. The number of nitro benzene ring substituents is 1. The van der Waals surface area contributed by atoms with Crippen molar-refractivity contribution >= 4 is 11.6 Å². The van der Waals surface area contributed by atoms with Crippen LogP contribution in [0.4, 0.5) is 10.1 Å². The molecule has 1 aromatic carbocycles. The first kappa shape index (κ1) is 13.5. The highest BCUT2D eigenvalue weighted by molar-refractivity contribution is 5.98. The minimum absolute atomic E-state index is 0.00222. The van der Waals surface area contributed by atoms with Crippen LogP contribution in [0, 0.1) is 21.3 Å². The molecule has 1 saturated heterocycles. The molecule has 0 bridgehead atoms. The van der Waals surface area contributed by atoms with Gasteiger partial charge in [0.05, 0.1) is 4.92 Å². The van der Waals surface area contributed by atoms with E-state index in [-0.39, 0.29) is 16.7 Å². The number of benzene rings is 1. The molecule has 0 radical (unpaired) electrons. The second-order valence-corrected chi connectivity index (χ2v) is 5.56. The number of amides is 1. The van der Waals surface area contributed by atoms with Crippen LogP contribution in [0.2, 0.25) is 0 Å². The Kier molecular flexibility index (Phi) is 3.26. The van der Waals surface area contributed by atoms with Crippen molar-refractivity contribution in [3.63, 3.8) is 0 Å². The number of halogens is 1. The molecule has 0 atom stereocenters. The van der Waals surface area contributed by atoms with Gasteiger partial charge in [0.25, 0.3) is 11.6 Å². The molecule has 1 aliphatic heterocycles. The van der Waals surface area contributed by atoms with Crippen molar-refractivity contribution in [2.45, 2.75) is 20.3 Å². The molecule has 1 aromatic rings. The first-order valence-corrected chi connectivity index (χ1v) is 6.03. The van der Waals surface area contributed by atoms with Crippen molar-refractivity contribution in [3.8, 4) is 0 Å². The highest BCUT2D eigenvalue weighted by atomic mass is 19.1. The number of hydrogen-bond donors (Lipinski definition) is 0. The molecule has 0 aliphatic carbocycles. The summed E-state index contributed by atoms with van der Waals surface area (Å²) in [4.78, 5) is 24.0. The summed E-state index contributed by atoms with van der Waals surface area (Å²) in [5, 5.41) is 10.9. The predicted molar refractivity (Wildman–Crippen MR) is 67.4 cm³/mol. The summed E-state index contributed by atoms with van der Waals surface area (Å²) < 4.78 is 13.2. The molecule has 5 nitrogen and oxygen atoms in total. The Morgan fingerprint density at radius 3 is 2.68 bits per heavy atom. The van der Waals surface area contributed by atoms with Crippen LogP contribution in [-0.2, 0) is 0 Å². The van der Waals surface area contributed by atoms with E-state index in [0.717, 1.165) is 24.6 Å². The van der Waals surface area contributed by atoms with Crippen LogP contribution >= 0.6 is 0 Å². The topological polar surface area (TPSA) is 63.5 Å². The minimum Gasteiger partial charge on any atom is -0.338 e. The zero-order valence-electron chi connectivity index (χ0n) is 10.9. The molecule has 0 aromatic heterocycles. The Morgan fingerprint density at radius 2 is 2.16 bits per heavy atom. The van der Waals surface area contributed by atoms with E-state index in [2.05, 4.69) is 0 Å². The molecule has 6 heteroatoms. The number of rotatable bonds is 2. The smallest absolute Gasteiger partial charge is 0.282 e. The summed E-state index contributed by atoms with van der Waals surface area (Å²) in [5.41, 5.74) is -0.531. The van der Waals surface area contributed by atoms with Crippen molar-refractivity contribution in [3.05, 3.63) is 39.7 Å². The van der Waals surface area contributed by atoms with Crippen molar-refractivity contribution in [2.75, 3.05) is 13.1 Å². The molecule has 102 valence electrons. The van der Waals surface area contributed by atoms with Crippen LogP contribution in [0.3, 0.4) is 0 Å². The SMILES string of the molecule is CC1(C)CCN(C(=O)c2cc(F)ccc2[N+](=O)[O-])C1. The fourth-order valence-electron chi connectivity index (χ4n) is 2.29. The Bertz CT molecular complexity index is 543. The molecule has 0 spiro atoms. The highest BCUT2D eigenvalue weighted by Gasteiger charge is 2.34. The maximum Gasteiger partial charge on any atom is 0.282 e. The molecule has 0 N–H and O–H groups in total. The summed E-state index contributed by atoms with van der Waals surface area (Å²) >= 11 is 0. The van der Waals surface area contributed by atoms with E-state index < -0.39 is 16.6 Å². The van der Waals surface area contributed by atoms with E-state index in [0.29, 0.717) is 13.1 Å². The maximum absolute atomic E-state index is 13.2. The van der Waals surface area contributed by atoms with Gasteiger partial charge in [-0.2, -0.15) is 0 Å². The first-order chi connectivity index (χ1) is 8.80. The van der Waals surface area contributed by atoms with E-state index in [1.807, 2.05) is 13.8 Å². The average molecular weight is 266 g/mol. The van der Waals surface area contributed by atoms with Crippen molar-refractivity contribution < 1.29 is 14.1 Å². The Hall–Kier alpha value is -1.98. The van der Waals surface area contributed by atoms with Gasteiger partial charge in [0.1, 0.15) is 11.4 Å². The minimum atomic E-state index is -0.659. The molecule has 1 heterocycles. The highest BCUT2D eigenvalue weighted by Crippen LogP contribution is 2.31. The molecule has 19 heavy (non-hydrogen) atoms. The van der Waals surface area contributed by atoms with Crippen LogP contribution in [0.1, 0.15) is 30.6 Å². The molecule has 1 aliphatic rings. The monoisotopic (exact) mass is 266 g/mol.